The maximum Gasteiger partial charge on any atom is 0.338 e. The maximum absolute atomic E-state index is 12.3. The molecule has 0 saturated heterocycles. The van der Waals surface area contributed by atoms with Crippen molar-refractivity contribution < 1.29 is 28.3 Å². The highest BCUT2D eigenvalue weighted by atomic mass is 16.5. The monoisotopic (exact) mass is 382 g/mol. The first-order valence-electron chi connectivity index (χ1n) is 8.54. The van der Waals surface area contributed by atoms with Gasteiger partial charge in [-0.2, -0.15) is 0 Å². The molecule has 0 saturated carbocycles. The highest BCUT2D eigenvalue weighted by Crippen LogP contribution is 2.24. The number of esters is 1. The SMILES string of the molecule is C=CCN1C(=O)c2ccc(C(=O)O[C@@H](C)C(=O)NCc3ccco3)cc2C1=O. The lowest BCUT2D eigenvalue weighted by atomic mass is 10.1. The van der Waals surface area contributed by atoms with Crippen LogP contribution in [0.5, 0.6) is 0 Å². The third kappa shape index (κ3) is 3.71. The van der Waals surface area contributed by atoms with Crippen LogP contribution in [0.3, 0.4) is 0 Å². The number of furan rings is 1. The predicted octanol–water partition coefficient (Wildman–Crippen LogP) is 1.92. The summed E-state index contributed by atoms with van der Waals surface area (Å²) in [6.07, 6.45) is 1.88. The van der Waals surface area contributed by atoms with Crippen molar-refractivity contribution in [1.82, 2.24) is 10.2 Å². The second kappa shape index (κ2) is 7.91. The van der Waals surface area contributed by atoms with Crippen molar-refractivity contribution in [2.45, 2.75) is 19.6 Å². The van der Waals surface area contributed by atoms with Crippen LogP contribution >= 0.6 is 0 Å². The standard InChI is InChI=1S/C20H18N2O6/c1-3-8-22-18(24)15-7-6-13(10-16(15)19(22)25)20(26)28-12(2)17(23)21-11-14-5-4-9-27-14/h3-7,9-10,12H,1,8,11H2,2H3,(H,21,23)/t12-/m0/s1. The van der Waals surface area contributed by atoms with Gasteiger partial charge in [-0.15, -0.1) is 6.58 Å². The number of nitrogens with one attached hydrogen (secondary N) is 1. The summed E-state index contributed by atoms with van der Waals surface area (Å²) in [5.41, 5.74) is 0.412. The summed E-state index contributed by atoms with van der Waals surface area (Å²) in [5.74, 6) is -1.64. The van der Waals surface area contributed by atoms with Gasteiger partial charge in [-0.3, -0.25) is 19.3 Å². The topological polar surface area (TPSA) is 106 Å². The molecule has 28 heavy (non-hydrogen) atoms. The summed E-state index contributed by atoms with van der Waals surface area (Å²) >= 11 is 0. The minimum Gasteiger partial charge on any atom is -0.467 e. The molecule has 2 heterocycles. The molecule has 1 aromatic carbocycles. The van der Waals surface area contributed by atoms with Gasteiger partial charge >= 0.3 is 5.97 Å². The van der Waals surface area contributed by atoms with Gasteiger partial charge in [-0.05, 0) is 37.3 Å². The number of carbonyl (C=O) groups is 4. The second-order valence-electron chi connectivity index (χ2n) is 6.11. The zero-order valence-electron chi connectivity index (χ0n) is 15.1. The third-order valence-electron chi connectivity index (χ3n) is 4.19. The first-order valence-corrected chi connectivity index (χ1v) is 8.54. The molecule has 144 valence electrons. The Bertz CT molecular complexity index is 948. The Labute approximate surface area is 160 Å². The first kappa shape index (κ1) is 19.1. The number of amides is 3. The molecule has 0 aliphatic carbocycles. The Balaban J connectivity index is 1.65. The van der Waals surface area contributed by atoms with Crippen LogP contribution in [0.2, 0.25) is 0 Å². The first-order chi connectivity index (χ1) is 13.4. The molecular formula is C20H18N2O6. The van der Waals surface area contributed by atoms with Gasteiger partial charge in [-0.25, -0.2) is 4.79 Å². The van der Waals surface area contributed by atoms with Crippen LogP contribution in [0.25, 0.3) is 0 Å². The maximum atomic E-state index is 12.3. The molecule has 0 unspecified atom stereocenters. The Morgan fingerprint density at radius 2 is 2.00 bits per heavy atom. The Morgan fingerprint density at radius 3 is 2.68 bits per heavy atom. The molecule has 0 fully saturated rings. The van der Waals surface area contributed by atoms with Crippen LogP contribution in [-0.2, 0) is 16.1 Å². The second-order valence-corrected chi connectivity index (χ2v) is 6.11. The molecule has 1 aliphatic heterocycles. The molecule has 2 aromatic rings. The average molecular weight is 382 g/mol. The van der Waals surface area contributed by atoms with E-state index in [-0.39, 0.29) is 29.8 Å². The molecule has 0 bridgehead atoms. The largest absolute Gasteiger partial charge is 0.467 e. The number of ether oxygens (including phenoxy) is 1. The van der Waals surface area contributed by atoms with E-state index >= 15 is 0 Å². The predicted molar refractivity (Wildman–Crippen MR) is 97.4 cm³/mol. The fourth-order valence-electron chi connectivity index (χ4n) is 2.73. The van der Waals surface area contributed by atoms with Crippen LogP contribution in [0.15, 0.2) is 53.7 Å². The van der Waals surface area contributed by atoms with Gasteiger partial charge < -0.3 is 14.5 Å². The number of nitrogens with zero attached hydrogens (tertiary/aromatic N) is 1. The lowest BCUT2D eigenvalue weighted by Gasteiger charge is -2.13. The number of fused-ring (bicyclic) bond motifs is 1. The lowest BCUT2D eigenvalue weighted by Crippen LogP contribution is -2.35. The molecule has 1 atom stereocenters. The summed E-state index contributed by atoms with van der Waals surface area (Å²) < 4.78 is 10.3. The van der Waals surface area contributed by atoms with Gasteiger partial charge in [0.05, 0.1) is 29.5 Å². The van der Waals surface area contributed by atoms with Crippen LogP contribution in [0.1, 0.15) is 43.8 Å². The number of benzene rings is 1. The van der Waals surface area contributed by atoms with E-state index in [9.17, 15) is 19.2 Å². The Morgan fingerprint density at radius 1 is 1.25 bits per heavy atom. The molecule has 1 aliphatic rings. The van der Waals surface area contributed by atoms with E-state index in [1.165, 1.54) is 37.5 Å². The van der Waals surface area contributed by atoms with E-state index in [1.54, 1.807) is 12.1 Å². The summed E-state index contributed by atoms with van der Waals surface area (Å²) in [4.78, 5) is 50.0. The molecule has 1 N–H and O–H groups in total. The average Bonchev–Trinajstić information content (AvgIpc) is 3.29. The summed E-state index contributed by atoms with van der Waals surface area (Å²) in [6.45, 7) is 5.20. The Kier molecular flexibility index (Phi) is 5.39. The zero-order valence-corrected chi connectivity index (χ0v) is 15.1. The molecule has 0 spiro atoms. The minimum absolute atomic E-state index is 0.0750. The summed E-state index contributed by atoms with van der Waals surface area (Å²) in [5, 5.41) is 2.59. The normalized spacial score (nSPS) is 13.8. The van der Waals surface area contributed by atoms with E-state index in [4.69, 9.17) is 9.15 Å². The van der Waals surface area contributed by atoms with Crippen molar-refractivity contribution >= 4 is 23.7 Å². The van der Waals surface area contributed by atoms with Crippen LogP contribution in [-0.4, -0.2) is 41.2 Å². The van der Waals surface area contributed by atoms with Crippen molar-refractivity contribution in [3.05, 3.63) is 71.7 Å². The van der Waals surface area contributed by atoms with E-state index in [2.05, 4.69) is 11.9 Å². The zero-order chi connectivity index (χ0) is 20.3. The molecule has 3 amide bonds. The van der Waals surface area contributed by atoms with Crippen LogP contribution in [0.4, 0.5) is 0 Å². The number of hydrogen-bond donors (Lipinski definition) is 1. The van der Waals surface area contributed by atoms with Crippen molar-refractivity contribution in [3.63, 3.8) is 0 Å². The van der Waals surface area contributed by atoms with Crippen LogP contribution in [0, 0.1) is 0 Å². The fourth-order valence-corrected chi connectivity index (χ4v) is 2.73. The van der Waals surface area contributed by atoms with Gasteiger partial charge in [0.1, 0.15) is 5.76 Å². The van der Waals surface area contributed by atoms with E-state index in [0.29, 0.717) is 5.76 Å². The molecule has 1 aromatic heterocycles. The van der Waals surface area contributed by atoms with E-state index < -0.39 is 29.8 Å². The molecular weight excluding hydrogens is 364 g/mol. The fraction of sp³-hybridized carbons (Fsp3) is 0.200. The summed E-state index contributed by atoms with van der Waals surface area (Å²) in [6, 6.07) is 7.49. The smallest absolute Gasteiger partial charge is 0.338 e. The van der Waals surface area contributed by atoms with Gasteiger partial charge in [0.25, 0.3) is 17.7 Å². The van der Waals surface area contributed by atoms with Crippen molar-refractivity contribution in [1.29, 1.82) is 0 Å². The Hall–Kier alpha value is -3.68. The molecule has 3 rings (SSSR count). The van der Waals surface area contributed by atoms with Crippen molar-refractivity contribution in [2.24, 2.45) is 0 Å². The van der Waals surface area contributed by atoms with E-state index in [0.717, 1.165) is 4.90 Å². The van der Waals surface area contributed by atoms with Gasteiger partial charge in [0, 0.05) is 6.54 Å². The highest BCUT2D eigenvalue weighted by molar-refractivity contribution is 6.22. The third-order valence-corrected chi connectivity index (χ3v) is 4.19. The number of hydrogen-bond acceptors (Lipinski definition) is 6. The van der Waals surface area contributed by atoms with Gasteiger partial charge in [0.2, 0.25) is 0 Å². The quantitative estimate of drug-likeness (QED) is 0.446. The highest BCUT2D eigenvalue weighted by Gasteiger charge is 2.35. The van der Waals surface area contributed by atoms with Gasteiger partial charge in [-0.1, -0.05) is 6.08 Å². The number of rotatable bonds is 7. The van der Waals surface area contributed by atoms with Crippen molar-refractivity contribution in [3.8, 4) is 0 Å². The lowest BCUT2D eigenvalue weighted by molar-refractivity contribution is -0.129. The molecule has 8 heteroatoms. The molecule has 0 radical (unpaired) electrons. The van der Waals surface area contributed by atoms with E-state index in [1.807, 2.05) is 0 Å². The van der Waals surface area contributed by atoms with Crippen LogP contribution < -0.4 is 5.32 Å². The molecule has 8 nitrogen and oxygen atoms in total. The number of carbonyl (C=O) groups excluding carboxylic acids is 4. The summed E-state index contributed by atoms with van der Waals surface area (Å²) in [7, 11) is 0. The van der Waals surface area contributed by atoms with Gasteiger partial charge in [0.15, 0.2) is 6.10 Å². The van der Waals surface area contributed by atoms with Crippen molar-refractivity contribution in [2.75, 3.05) is 6.54 Å². The minimum atomic E-state index is -1.05. The number of imide groups is 1.